The van der Waals surface area contributed by atoms with Gasteiger partial charge in [-0.2, -0.15) is 5.26 Å². The summed E-state index contributed by atoms with van der Waals surface area (Å²) in [5, 5.41) is 9.16. The highest BCUT2D eigenvalue weighted by Crippen LogP contribution is 2.37. The Labute approximate surface area is 143 Å². The first-order valence-corrected chi connectivity index (χ1v) is 7.90. The SMILES string of the molecule is COCCOCOc1ccc(C#N)cc1B1OC(C)(C)C(C)(C)O1. The molecule has 1 aromatic rings. The summed E-state index contributed by atoms with van der Waals surface area (Å²) in [4.78, 5) is 0. The van der Waals surface area contributed by atoms with Crippen molar-refractivity contribution in [2.75, 3.05) is 27.1 Å². The summed E-state index contributed by atoms with van der Waals surface area (Å²) in [6.45, 7) is 8.96. The lowest BCUT2D eigenvalue weighted by Gasteiger charge is -2.32. The van der Waals surface area contributed by atoms with Gasteiger partial charge in [0, 0.05) is 12.6 Å². The highest BCUT2D eigenvalue weighted by Gasteiger charge is 2.52. The number of methoxy groups -OCH3 is 1. The summed E-state index contributed by atoms with van der Waals surface area (Å²) in [7, 11) is 1.01. The van der Waals surface area contributed by atoms with E-state index in [1.807, 2.05) is 27.7 Å². The van der Waals surface area contributed by atoms with Crippen molar-refractivity contribution in [3.8, 4) is 11.8 Å². The van der Waals surface area contributed by atoms with Crippen LogP contribution in [-0.4, -0.2) is 45.4 Å². The van der Waals surface area contributed by atoms with E-state index in [1.54, 1.807) is 25.3 Å². The summed E-state index contributed by atoms with van der Waals surface area (Å²) >= 11 is 0. The van der Waals surface area contributed by atoms with E-state index < -0.39 is 18.3 Å². The highest BCUT2D eigenvalue weighted by molar-refractivity contribution is 6.63. The molecular weight excluding hydrogens is 309 g/mol. The normalized spacial score (nSPS) is 18.4. The van der Waals surface area contributed by atoms with Crippen LogP contribution < -0.4 is 10.2 Å². The van der Waals surface area contributed by atoms with Crippen LogP contribution in [-0.2, 0) is 18.8 Å². The number of nitrogens with zero attached hydrogens (tertiary/aromatic N) is 1. The predicted molar refractivity (Wildman–Crippen MR) is 90.2 cm³/mol. The van der Waals surface area contributed by atoms with Gasteiger partial charge >= 0.3 is 7.12 Å². The van der Waals surface area contributed by atoms with Gasteiger partial charge in [0.2, 0.25) is 0 Å². The molecule has 7 heteroatoms. The highest BCUT2D eigenvalue weighted by atomic mass is 16.7. The first kappa shape index (κ1) is 18.7. The largest absolute Gasteiger partial charge is 0.498 e. The van der Waals surface area contributed by atoms with E-state index in [4.69, 9.17) is 28.8 Å². The molecule has 1 aliphatic rings. The smallest absolute Gasteiger partial charge is 0.468 e. The third-order valence-electron chi connectivity index (χ3n) is 4.38. The van der Waals surface area contributed by atoms with Gasteiger partial charge < -0.3 is 23.5 Å². The molecule has 0 aromatic heterocycles. The Hall–Kier alpha value is -1.59. The maximum absolute atomic E-state index is 9.16. The van der Waals surface area contributed by atoms with Gasteiger partial charge in [-0.05, 0) is 45.9 Å². The van der Waals surface area contributed by atoms with Gasteiger partial charge in [-0.15, -0.1) is 0 Å². The van der Waals surface area contributed by atoms with Crippen LogP contribution in [0.2, 0.25) is 0 Å². The molecule has 0 saturated carbocycles. The lowest BCUT2D eigenvalue weighted by molar-refractivity contribution is -0.00812. The standard InChI is InChI=1S/C17H24BNO5/c1-16(2)17(3,4)24-18(23-16)14-10-13(11-19)6-7-15(14)22-12-21-9-8-20-5/h6-7,10H,8-9,12H2,1-5H3. The van der Waals surface area contributed by atoms with Gasteiger partial charge in [-0.1, -0.05) is 0 Å². The van der Waals surface area contributed by atoms with E-state index >= 15 is 0 Å². The van der Waals surface area contributed by atoms with Gasteiger partial charge in [0.05, 0.1) is 36.0 Å². The van der Waals surface area contributed by atoms with Gasteiger partial charge in [0.15, 0.2) is 6.79 Å². The van der Waals surface area contributed by atoms with Crippen molar-refractivity contribution in [2.45, 2.75) is 38.9 Å². The van der Waals surface area contributed by atoms with Gasteiger partial charge in [0.1, 0.15) is 5.75 Å². The molecule has 0 amide bonds. The van der Waals surface area contributed by atoms with Crippen molar-refractivity contribution in [2.24, 2.45) is 0 Å². The van der Waals surface area contributed by atoms with Crippen LogP contribution in [0.1, 0.15) is 33.3 Å². The molecule has 0 unspecified atom stereocenters. The van der Waals surface area contributed by atoms with E-state index in [9.17, 15) is 0 Å². The zero-order chi connectivity index (χ0) is 17.8. The van der Waals surface area contributed by atoms with E-state index in [2.05, 4.69) is 6.07 Å². The molecule has 1 saturated heterocycles. The molecule has 0 atom stereocenters. The maximum Gasteiger partial charge on any atom is 0.498 e. The third kappa shape index (κ3) is 4.08. The Kier molecular flexibility index (Phi) is 5.89. The fourth-order valence-corrected chi connectivity index (χ4v) is 2.21. The van der Waals surface area contributed by atoms with Crippen LogP contribution in [0.15, 0.2) is 18.2 Å². The summed E-state index contributed by atoms with van der Waals surface area (Å²) in [5.74, 6) is 0.574. The van der Waals surface area contributed by atoms with Crippen molar-refractivity contribution >= 4 is 12.6 Å². The molecule has 1 heterocycles. The molecule has 2 rings (SSSR count). The number of benzene rings is 1. The second kappa shape index (κ2) is 7.54. The van der Waals surface area contributed by atoms with E-state index in [-0.39, 0.29) is 6.79 Å². The fraction of sp³-hybridized carbons (Fsp3) is 0.588. The lowest BCUT2D eigenvalue weighted by Crippen LogP contribution is -2.41. The molecular formula is C17H24BNO5. The number of hydrogen-bond acceptors (Lipinski definition) is 6. The summed E-state index contributed by atoms with van der Waals surface area (Å²) in [6, 6.07) is 7.29. The Morgan fingerprint density at radius 2 is 1.79 bits per heavy atom. The van der Waals surface area contributed by atoms with Crippen LogP contribution >= 0.6 is 0 Å². The molecule has 1 aromatic carbocycles. The van der Waals surface area contributed by atoms with Crippen LogP contribution in [0.25, 0.3) is 0 Å². The number of nitriles is 1. The topological polar surface area (TPSA) is 69.9 Å². The summed E-state index contributed by atoms with van der Waals surface area (Å²) in [6.07, 6.45) is 0. The minimum absolute atomic E-state index is 0.0851. The first-order chi connectivity index (χ1) is 11.3. The number of rotatable bonds is 7. The quantitative estimate of drug-likeness (QED) is 0.431. The Balaban J connectivity index is 2.17. The molecule has 0 N–H and O–H groups in total. The zero-order valence-electron chi connectivity index (χ0n) is 14.9. The monoisotopic (exact) mass is 333 g/mol. The molecule has 1 fully saturated rings. The summed E-state index contributed by atoms with van der Waals surface area (Å²) < 4.78 is 28.1. The van der Waals surface area contributed by atoms with Crippen molar-refractivity contribution in [1.29, 1.82) is 5.26 Å². The second-order valence-electron chi connectivity index (χ2n) is 6.62. The molecule has 1 aliphatic heterocycles. The van der Waals surface area contributed by atoms with Crippen LogP contribution in [0.4, 0.5) is 0 Å². The number of hydrogen-bond donors (Lipinski definition) is 0. The van der Waals surface area contributed by atoms with E-state index in [0.29, 0.717) is 30.0 Å². The lowest BCUT2D eigenvalue weighted by atomic mass is 9.77. The zero-order valence-corrected chi connectivity index (χ0v) is 14.9. The Bertz CT molecular complexity index is 595. The molecule has 0 bridgehead atoms. The molecule has 0 spiro atoms. The molecule has 0 aliphatic carbocycles. The average molecular weight is 333 g/mol. The van der Waals surface area contributed by atoms with Crippen molar-refractivity contribution in [3.63, 3.8) is 0 Å². The molecule has 6 nitrogen and oxygen atoms in total. The van der Waals surface area contributed by atoms with Crippen molar-refractivity contribution in [3.05, 3.63) is 23.8 Å². The third-order valence-corrected chi connectivity index (χ3v) is 4.38. The Morgan fingerprint density at radius 3 is 2.38 bits per heavy atom. The minimum Gasteiger partial charge on any atom is -0.468 e. The molecule has 0 radical (unpaired) electrons. The van der Waals surface area contributed by atoms with Crippen molar-refractivity contribution < 1.29 is 23.5 Å². The van der Waals surface area contributed by atoms with E-state index in [0.717, 1.165) is 0 Å². The van der Waals surface area contributed by atoms with Gasteiger partial charge in [0.25, 0.3) is 0 Å². The van der Waals surface area contributed by atoms with Crippen LogP contribution in [0, 0.1) is 11.3 Å². The average Bonchev–Trinajstić information content (AvgIpc) is 2.75. The predicted octanol–water partition coefficient (Wildman–Crippen LogP) is 1.86. The van der Waals surface area contributed by atoms with Crippen LogP contribution in [0.5, 0.6) is 5.75 Å². The minimum atomic E-state index is -0.600. The number of ether oxygens (including phenoxy) is 3. The summed E-state index contributed by atoms with van der Waals surface area (Å²) in [5.41, 5.74) is 0.273. The molecule has 130 valence electrons. The van der Waals surface area contributed by atoms with Crippen LogP contribution in [0.3, 0.4) is 0 Å². The Morgan fingerprint density at radius 1 is 1.12 bits per heavy atom. The second-order valence-corrected chi connectivity index (χ2v) is 6.62. The van der Waals surface area contributed by atoms with Gasteiger partial charge in [-0.3, -0.25) is 0 Å². The maximum atomic E-state index is 9.16. The van der Waals surface area contributed by atoms with Gasteiger partial charge in [-0.25, -0.2) is 0 Å². The fourth-order valence-electron chi connectivity index (χ4n) is 2.21. The first-order valence-electron chi connectivity index (χ1n) is 7.90. The molecule has 24 heavy (non-hydrogen) atoms. The van der Waals surface area contributed by atoms with E-state index in [1.165, 1.54) is 0 Å². The van der Waals surface area contributed by atoms with Crippen molar-refractivity contribution in [1.82, 2.24) is 0 Å².